The van der Waals surface area contributed by atoms with Crippen molar-refractivity contribution in [1.29, 1.82) is 0 Å². The van der Waals surface area contributed by atoms with Gasteiger partial charge in [0, 0.05) is 0 Å². The Balaban J connectivity index is 1.56. The summed E-state index contributed by atoms with van der Waals surface area (Å²) in [5, 5.41) is 133. The van der Waals surface area contributed by atoms with E-state index in [4.69, 9.17) is 37.7 Å². The van der Waals surface area contributed by atoms with Gasteiger partial charge in [0.05, 0.1) is 26.4 Å². The number of aliphatic hydroxyl groups is 13. The summed E-state index contributed by atoms with van der Waals surface area (Å²) in [6.07, 6.45) is -38.1. The molecule has 0 bridgehead atoms. The third kappa shape index (κ3) is 9.00. The molecule has 4 rings (SSSR count). The standard InChI is InChI=1S/C24H42O24S/c25-1-5(28)17-13(33)14(34)23(45-17)46-18-11(31)8(4-41-22-16(36)19(48-49(38,39)40)10(30)7(3-27)43-22)44-24(15(18)35)47-20-12(32)9(29)6(2-26)42-21(20)37/h5-37H,1-4H2,(H,38,39,40)/t5-,6-,7-,8-,9-,10+,11-,12+,13-,14-,15+,16-,17+,18+,19+,20-,21+,22-,23-,24-/m1/s1. The van der Waals surface area contributed by atoms with E-state index in [9.17, 15) is 74.8 Å². The van der Waals surface area contributed by atoms with Gasteiger partial charge in [-0.3, -0.25) is 4.55 Å². The molecule has 0 radical (unpaired) electrons. The molecule has 24 nitrogen and oxygen atoms in total. The first-order chi connectivity index (χ1) is 22.9. The molecule has 0 unspecified atom stereocenters. The van der Waals surface area contributed by atoms with Crippen molar-refractivity contribution in [2.24, 2.45) is 0 Å². The molecule has 0 saturated carbocycles. The maximum absolute atomic E-state index is 11.3. The van der Waals surface area contributed by atoms with Gasteiger partial charge in [-0.1, -0.05) is 0 Å². The highest BCUT2D eigenvalue weighted by atomic mass is 32.3. The fraction of sp³-hybridized carbons (Fsp3) is 1.00. The van der Waals surface area contributed by atoms with Crippen LogP contribution in [0.15, 0.2) is 0 Å². The van der Waals surface area contributed by atoms with Crippen LogP contribution in [-0.2, 0) is 47.7 Å². The zero-order chi connectivity index (χ0) is 36.5. The first kappa shape index (κ1) is 40.8. The highest BCUT2D eigenvalue weighted by Crippen LogP contribution is 2.34. The van der Waals surface area contributed by atoms with Crippen molar-refractivity contribution < 1.29 is 117 Å². The molecule has 4 saturated heterocycles. The lowest BCUT2D eigenvalue weighted by Gasteiger charge is -2.47. The number of hydrogen-bond donors (Lipinski definition) is 14. The monoisotopic (exact) mass is 746 g/mol. The Morgan fingerprint density at radius 3 is 1.69 bits per heavy atom. The van der Waals surface area contributed by atoms with Gasteiger partial charge in [-0.2, -0.15) is 8.42 Å². The SMILES string of the molecule is O=S(=O)(O)O[C@H]1[C@@H](O)[C@@H](CO)O[C@@H](OC[C@H]2O[C@H](O[C@@H]3[C@@H](O)[C@H](O)[C@@H](CO)O[C@@H]3O)[C@@H](O)[C@@H](O[C@H]3O[C@@H]([C@H](O)CO)[C@H](O)[C@H]3O)[C@@H]2O)[C@@H]1O. The average molecular weight is 747 g/mol. The van der Waals surface area contributed by atoms with Crippen LogP contribution in [0.5, 0.6) is 0 Å². The maximum atomic E-state index is 11.3. The van der Waals surface area contributed by atoms with Gasteiger partial charge in [-0.05, 0) is 0 Å². The summed E-state index contributed by atoms with van der Waals surface area (Å²) in [4.78, 5) is 0. The molecule has 0 spiro atoms. The van der Waals surface area contributed by atoms with Crippen molar-refractivity contribution in [3.63, 3.8) is 0 Å². The molecule has 4 heterocycles. The van der Waals surface area contributed by atoms with E-state index in [1.54, 1.807) is 0 Å². The summed E-state index contributed by atoms with van der Waals surface area (Å²) >= 11 is 0. The molecule has 14 N–H and O–H groups in total. The van der Waals surface area contributed by atoms with E-state index in [1.165, 1.54) is 0 Å². The van der Waals surface area contributed by atoms with E-state index in [2.05, 4.69) is 4.18 Å². The molecule has 4 aliphatic heterocycles. The molecule has 0 aromatic rings. The van der Waals surface area contributed by atoms with Crippen molar-refractivity contribution in [3.05, 3.63) is 0 Å². The van der Waals surface area contributed by atoms with Crippen molar-refractivity contribution in [2.75, 3.05) is 26.4 Å². The van der Waals surface area contributed by atoms with Gasteiger partial charge in [0.2, 0.25) is 0 Å². The van der Waals surface area contributed by atoms with Gasteiger partial charge in [0.25, 0.3) is 0 Å². The third-order valence-corrected chi connectivity index (χ3v) is 8.83. The van der Waals surface area contributed by atoms with Crippen molar-refractivity contribution in [2.45, 2.75) is 123 Å². The highest BCUT2D eigenvalue weighted by Gasteiger charge is 2.55. The van der Waals surface area contributed by atoms with Crippen LogP contribution in [0, 0.1) is 0 Å². The highest BCUT2D eigenvalue weighted by molar-refractivity contribution is 7.80. The minimum Gasteiger partial charge on any atom is -0.394 e. The first-order valence-electron chi connectivity index (χ1n) is 14.8. The smallest absolute Gasteiger partial charge is 0.394 e. The molecule has 288 valence electrons. The normalized spacial score (nSPS) is 48.8. The fourth-order valence-corrected chi connectivity index (χ4v) is 6.19. The molecule has 4 aliphatic rings. The van der Waals surface area contributed by atoms with Crippen molar-refractivity contribution in [3.8, 4) is 0 Å². The summed E-state index contributed by atoms with van der Waals surface area (Å²) in [7, 11) is -5.27. The molecule has 0 aromatic carbocycles. The Hall–Kier alpha value is -0.930. The van der Waals surface area contributed by atoms with Crippen LogP contribution in [0.3, 0.4) is 0 Å². The average Bonchev–Trinajstić information content (AvgIpc) is 3.33. The molecular formula is C24H42O24S. The van der Waals surface area contributed by atoms with Gasteiger partial charge in [-0.25, -0.2) is 4.18 Å². The second kappa shape index (κ2) is 16.8. The van der Waals surface area contributed by atoms with Crippen molar-refractivity contribution >= 4 is 10.4 Å². The Bertz CT molecular complexity index is 1150. The van der Waals surface area contributed by atoms with E-state index < -0.39 is 160 Å². The topological polar surface area (TPSA) is 391 Å². The lowest BCUT2D eigenvalue weighted by Crippen LogP contribution is -2.65. The molecule has 20 atom stereocenters. The summed E-state index contributed by atoms with van der Waals surface area (Å²) in [6, 6.07) is 0. The lowest BCUT2D eigenvalue weighted by atomic mass is 9.97. The van der Waals surface area contributed by atoms with Gasteiger partial charge in [0.1, 0.15) is 97.7 Å². The Kier molecular flexibility index (Phi) is 14.0. The maximum Gasteiger partial charge on any atom is 0.397 e. The van der Waals surface area contributed by atoms with Crippen LogP contribution in [-0.4, -0.2) is 229 Å². The zero-order valence-corrected chi connectivity index (χ0v) is 25.9. The van der Waals surface area contributed by atoms with Crippen LogP contribution < -0.4 is 0 Å². The Morgan fingerprint density at radius 1 is 0.571 bits per heavy atom. The summed E-state index contributed by atoms with van der Waals surface area (Å²) in [5.41, 5.74) is 0. The molecule has 0 amide bonds. The number of ether oxygens (including phenoxy) is 7. The molecule has 4 fully saturated rings. The van der Waals surface area contributed by atoms with E-state index in [0.717, 1.165) is 0 Å². The molecule has 0 aliphatic carbocycles. The summed E-state index contributed by atoms with van der Waals surface area (Å²) in [5.74, 6) is 0. The molecule has 25 heteroatoms. The van der Waals surface area contributed by atoms with Crippen LogP contribution in [0.1, 0.15) is 0 Å². The Morgan fingerprint density at radius 2 is 1.10 bits per heavy atom. The van der Waals surface area contributed by atoms with Gasteiger partial charge in [-0.15, -0.1) is 0 Å². The first-order valence-corrected chi connectivity index (χ1v) is 16.1. The third-order valence-electron chi connectivity index (χ3n) is 8.37. The second-order valence-electron chi connectivity index (χ2n) is 11.7. The predicted molar refractivity (Wildman–Crippen MR) is 144 cm³/mol. The zero-order valence-electron chi connectivity index (χ0n) is 25.1. The van der Waals surface area contributed by atoms with Crippen molar-refractivity contribution in [1.82, 2.24) is 0 Å². The molecular weight excluding hydrogens is 704 g/mol. The number of hydrogen-bond acceptors (Lipinski definition) is 23. The lowest BCUT2D eigenvalue weighted by molar-refractivity contribution is -0.377. The van der Waals surface area contributed by atoms with E-state index >= 15 is 0 Å². The molecule has 49 heavy (non-hydrogen) atoms. The second-order valence-corrected chi connectivity index (χ2v) is 12.7. The van der Waals surface area contributed by atoms with Gasteiger partial charge in [0.15, 0.2) is 25.2 Å². The minimum atomic E-state index is -5.27. The quantitative estimate of drug-likeness (QED) is 0.0778. The van der Waals surface area contributed by atoms with E-state index in [1.807, 2.05) is 0 Å². The Labute approximate surface area is 276 Å². The fourth-order valence-electron chi connectivity index (χ4n) is 5.68. The molecule has 0 aromatic heterocycles. The van der Waals surface area contributed by atoms with Crippen LogP contribution in [0.25, 0.3) is 0 Å². The number of aliphatic hydroxyl groups excluding tert-OH is 13. The minimum absolute atomic E-state index is 0.826. The summed E-state index contributed by atoms with van der Waals surface area (Å²) < 4.78 is 73.5. The van der Waals surface area contributed by atoms with Crippen LogP contribution in [0.4, 0.5) is 0 Å². The van der Waals surface area contributed by atoms with Gasteiger partial charge < -0.3 is 99.5 Å². The number of rotatable bonds is 13. The largest absolute Gasteiger partial charge is 0.397 e. The van der Waals surface area contributed by atoms with Gasteiger partial charge >= 0.3 is 10.4 Å². The van der Waals surface area contributed by atoms with E-state index in [0.29, 0.717) is 0 Å². The van der Waals surface area contributed by atoms with E-state index in [-0.39, 0.29) is 0 Å². The summed E-state index contributed by atoms with van der Waals surface area (Å²) in [6.45, 7) is -3.62. The van der Waals surface area contributed by atoms with Crippen LogP contribution in [0.2, 0.25) is 0 Å². The van der Waals surface area contributed by atoms with Crippen LogP contribution >= 0.6 is 0 Å². The predicted octanol–water partition coefficient (Wildman–Crippen LogP) is -9.92.